The molecule has 0 atom stereocenters. The molecule has 0 rings (SSSR count). The molecule has 76 valence electrons. The van der Waals surface area contributed by atoms with E-state index in [0.29, 0.717) is 6.54 Å². The highest BCUT2D eigenvalue weighted by molar-refractivity contribution is 4.17. The van der Waals surface area contributed by atoms with E-state index < -0.39 is 0 Å². The molecule has 0 amide bonds. The molecule has 0 aliphatic rings. The van der Waals surface area contributed by atoms with Crippen molar-refractivity contribution >= 4 is 0 Å². The van der Waals surface area contributed by atoms with Gasteiger partial charge in [0.05, 0.1) is 19.8 Å². The van der Waals surface area contributed by atoms with Crippen molar-refractivity contribution in [1.82, 2.24) is 0 Å². The molecule has 12 heavy (non-hydrogen) atoms. The number of hydrogen-bond donors (Lipinski definition) is 4. The summed E-state index contributed by atoms with van der Waals surface area (Å²) in [7, 11) is 0. The lowest BCUT2D eigenvalue weighted by molar-refractivity contribution is -0.300. The molecule has 0 radical (unpaired) electrons. The summed E-state index contributed by atoms with van der Waals surface area (Å²) in [5.41, 5.74) is 4.78. The van der Waals surface area contributed by atoms with E-state index in [1.807, 2.05) is 0 Å². The molecule has 0 saturated heterocycles. The first-order valence-electron chi connectivity index (χ1n) is 3.60. The first-order valence-corrected chi connectivity index (χ1v) is 3.60. The Morgan fingerprint density at radius 3 is 1.33 bits per heavy atom. The molecular formula is C6H17NO5. The van der Waals surface area contributed by atoms with E-state index in [4.69, 9.17) is 21.1 Å². The SMILES string of the molecule is NCCO.OCCOOCCO. The number of hydrogen-bond acceptors (Lipinski definition) is 6. The number of aliphatic hydroxyl groups is 3. The maximum atomic E-state index is 8.10. The van der Waals surface area contributed by atoms with Gasteiger partial charge >= 0.3 is 0 Å². The Labute approximate surface area is 71.4 Å². The lowest BCUT2D eigenvalue weighted by Gasteiger charge is -1.97. The Morgan fingerprint density at radius 1 is 0.833 bits per heavy atom. The molecule has 0 aromatic rings. The number of nitrogens with two attached hydrogens (primary N) is 1. The second kappa shape index (κ2) is 17.0. The Bertz CT molecular complexity index is 55.9. The van der Waals surface area contributed by atoms with Gasteiger partial charge in [0.15, 0.2) is 0 Å². The van der Waals surface area contributed by atoms with E-state index in [9.17, 15) is 0 Å². The molecule has 0 saturated carbocycles. The lowest BCUT2D eigenvalue weighted by Crippen LogP contribution is -2.03. The monoisotopic (exact) mass is 183 g/mol. The molecule has 0 heterocycles. The average Bonchev–Trinajstić information content (AvgIpc) is 2.13. The van der Waals surface area contributed by atoms with E-state index in [1.54, 1.807) is 0 Å². The van der Waals surface area contributed by atoms with Crippen LogP contribution in [0, 0.1) is 0 Å². The van der Waals surface area contributed by atoms with Crippen molar-refractivity contribution < 1.29 is 25.1 Å². The zero-order chi connectivity index (χ0) is 9.66. The molecule has 6 nitrogen and oxygen atoms in total. The molecule has 0 unspecified atom stereocenters. The summed E-state index contributed by atoms with van der Waals surface area (Å²) in [6.45, 7) is 0.650. The van der Waals surface area contributed by atoms with Gasteiger partial charge in [0, 0.05) is 6.54 Å². The van der Waals surface area contributed by atoms with Crippen LogP contribution in [0.1, 0.15) is 0 Å². The maximum Gasteiger partial charge on any atom is 0.105 e. The Morgan fingerprint density at radius 2 is 1.17 bits per heavy atom. The van der Waals surface area contributed by atoms with Crippen LogP contribution in [0.15, 0.2) is 0 Å². The molecule has 6 heteroatoms. The molecule has 0 aliphatic carbocycles. The van der Waals surface area contributed by atoms with Crippen LogP contribution in [0.25, 0.3) is 0 Å². The summed E-state index contributed by atoms with van der Waals surface area (Å²) < 4.78 is 0. The van der Waals surface area contributed by atoms with Crippen LogP contribution in [0.2, 0.25) is 0 Å². The molecule has 0 fully saturated rings. The molecule has 5 N–H and O–H groups in total. The third kappa shape index (κ3) is 22.6. The standard InChI is InChI=1S/C4H10O4.C2H7NO/c5-1-3-7-8-4-2-6;3-1-2-4/h5-6H,1-4H2;4H,1-3H2. The molecule has 0 aromatic heterocycles. The molecule has 0 aliphatic heterocycles. The van der Waals surface area contributed by atoms with Gasteiger partial charge in [-0.15, -0.1) is 0 Å². The van der Waals surface area contributed by atoms with Gasteiger partial charge in [-0.25, -0.2) is 9.78 Å². The van der Waals surface area contributed by atoms with Gasteiger partial charge in [-0.3, -0.25) is 0 Å². The van der Waals surface area contributed by atoms with Crippen molar-refractivity contribution in [3.05, 3.63) is 0 Å². The zero-order valence-electron chi connectivity index (χ0n) is 6.98. The number of aliphatic hydroxyl groups excluding tert-OH is 3. The number of rotatable bonds is 6. The topological polar surface area (TPSA) is 105 Å². The van der Waals surface area contributed by atoms with Crippen molar-refractivity contribution in [2.45, 2.75) is 0 Å². The van der Waals surface area contributed by atoms with E-state index >= 15 is 0 Å². The van der Waals surface area contributed by atoms with Crippen LogP contribution in [0.5, 0.6) is 0 Å². The first kappa shape index (κ1) is 14.3. The van der Waals surface area contributed by atoms with E-state index in [-0.39, 0.29) is 33.0 Å². The molecule has 0 aromatic carbocycles. The van der Waals surface area contributed by atoms with Crippen molar-refractivity contribution in [2.24, 2.45) is 5.73 Å². The average molecular weight is 183 g/mol. The summed E-state index contributed by atoms with van der Waals surface area (Å²) in [5.74, 6) is 0. The van der Waals surface area contributed by atoms with Gasteiger partial charge in [-0.2, -0.15) is 0 Å². The molecular weight excluding hydrogens is 166 g/mol. The summed E-state index contributed by atoms with van der Waals surface area (Å²) in [6, 6.07) is 0. The fourth-order valence-corrected chi connectivity index (χ4v) is 0.192. The van der Waals surface area contributed by atoms with Crippen LogP contribution >= 0.6 is 0 Å². The summed E-state index contributed by atoms with van der Waals surface area (Å²) in [5, 5.41) is 23.9. The van der Waals surface area contributed by atoms with Crippen molar-refractivity contribution in [2.75, 3.05) is 39.6 Å². The minimum absolute atomic E-state index is 0.0641. The highest BCUT2D eigenvalue weighted by Crippen LogP contribution is 1.74. The normalized spacial score (nSPS) is 9.00. The predicted octanol–water partition coefficient (Wildman–Crippen LogP) is -2.14. The van der Waals surface area contributed by atoms with Crippen LogP contribution in [-0.2, 0) is 9.78 Å². The predicted molar refractivity (Wildman–Crippen MR) is 42.2 cm³/mol. The van der Waals surface area contributed by atoms with Gasteiger partial charge in [0.2, 0.25) is 0 Å². The van der Waals surface area contributed by atoms with Crippen molar-refractivity contribution in [3.63, 3.8) is 0 Å². The third-order valence-electron chi connectivity index (χ3n) is 0.562. The maximum absolute atomic E-state index is 8.10. The summed E-state index contributed by atoms with van der Waals surface area (Å²) in [6.07, 6.45) is 0. The van der Waals surface area contributed by atoms with Crippen LogP contribution in [0.4, 0.5) is 0 Å². The highest BCUT2D eigenvalue weighted by Gasteiger charge is 1.83. The van der Waals surface area contributed by atoms with Gasteiger partial charge in [0.25, 0.3) is 0 Å². The fraction of sp³-hybridized carbons (Fsp3) is 1.00. The second-order valence-corrected chi connectivity index (χ2v) is 1.60. The summed E-state index contributed by atoms with van der Waals surface area (Å²) in [4.78, 5) is 8.63. The minimum atomic E-state index is -0.0641. The van der Waals surface area contributed by atoms with Crippen LogP contribution < -0.4 is 5.73 Å². The van der Waals surface area contributed by atoms with Gasteiger partial charge < -0.3 is 21.1 Å². The van der Waals surface area contributed by atoms with Crippen molar-refractivity contribution in [1.29, 1.82) is 0 Å². The van der Waals surface area contributed by atoms with Gasteiger partial charge in [0.1, 0.15) is 13.2 Å². The largest absolute Gasteiger partial charge is 0.395 e. The quantitative estimate of drug-likeness (QED) is 0.213. The van der Waals surface area contributed by atoms with Gasteiger partial charge in [-0.05, 0) is 0 Å². The Hall–Kier alpha value is -0.240. The Kier molecular flexibility index (Phi) is 20.3. The lowest BCUT2D eigenvalue weighted by atomic mass is 10.8. The highest BCUT2D eigenvalue weighted by atomic mass is 17.2. The first-order chi connectivity index (χ1) is 5.83. The zero-order valence-corrected chi connectivity index (χ0v) is 6.98. The minimum Gasteiger partial charge on any atom is -0.395 e. The summed E-state index contributed by atoms with van der Waals surface area (Å²) >= 11 is 0. The second-order valence-electron chi connectivity index (χ2n) is 1.60. The van der Waals surface area contributed by atoms with Crippen LogP contribution in [-0.4, -0.2) is 54.9 Å². The smallest absolute Gasteiger partial charge is 0.105 e. The van der Waals surface area contributed by atoms with E-state index in [0.717, 1.165) is 0 Å². The third-order valence-corrected chi connectivity index (χ3v) is 0.562. The Balaban J connectivity index is 0. The molecule has 0 spiro atoms. The van der Waals surface area contributed by atoms with E-state index in [1.165, 1.54) is 0 Å². The van der Waals surface area contributed by atoms with Crippen molar-refractivity contribution in [3.8, 4) is 0 Å². The van der Waals surface area contributed by atoms with Gasteiger partial charge in [-0.1, -0.05) is 0 Å². The molecule has 0 bridgehead atoms. The van der Waals surface area contributed by atoms with Crippen LogP contribution in [0.3, 0.4) is 0 Å². The van der Waals surface area contributed by atoms with E-state index in [2.05, 4.69) is 9.78 Å². The fourth-order valence-electron chi connectivity index (χ4n) is 0.192.